The van der Waals surface area contributed by atoms with Gasteiger partial charge < -0.3 is 4.74 Å². The van der Waals surface area contributed by atoms with Crippen molar-refractivity contribution in [1.82, 2.24) is 4.90 Å². The van der Waals surface area contributed by atoms with Gasteiger partial charge in [-0.1, -0.05) is 43.8 Å². The Kier molecular flexibility index (Phi) is 7.25. The molecule has 0 spiro atoms. The zero-order chi connectivity index (χ0) is 24.2. The van der Waals surface area contributed by atoms with Gasteiger partial charge >= 0.3 is 6.09 Å². The SMILES string of the molecule is C=C(c1cc(F)ccc1N=CC)C1CCC([C@@H](C)C(=O)N2C(=O)OC[C@H]2c2ccccc2)CC1. The van der Waals surface area contributed by atoms with Gasteiger partial charge in [0.05, 0.1) is 5.69 Å². The minimum Gasteiger partial charge on any atom is -0.446 e. The molecular formula is C28H31FN2O3. The molecule has 0 aromatic heterocycles. The van der Waals surface area contributed by atoms with Crippen LogP contribution in [0.3, 0.4) is 0 Å². The first kappa shape index (κ1) is 23.9. The van der Waals surface area contributed by atoms with Crippen molar-refractivity contribution < 1.29 is 18.7 Å². The van der Waals surface area contributed by atoms with Crippen molar-refractivity contribution in [1.29, 1.82) is 0 Å². The standard InChI is InChI=1S/C28H31FN2O3/c1-4-30-25-15-14-23(29)16-24(25)18(2)20-10-12-21(13-11-20)19(3)27(32)31-26(17-34-28(31)33)22-8-6-5-7-9-22/h4-9,14-16,19-21,26H,2,10-13,17H2,1,3H3/t19-,20?,21?,26+/m1/s1. The second-order valence-electron chi connectivity index (χ2n) is 9.19. The molecule has 1 heterocycles. The summed E-state index contributed by atoms with van der Waals surface area (Å²) in [4.78, 5) is 31.5. The van der Waals surface area contributed by atoms with Crippen LogP contribution in [0.25, 0.3) is 5.57 Å². The number of aliphatic imine (C=N–C) groups is 1. The fourth-order valence-corrected chi connectivity index (χ4v) is 5.21. The Morgan fingerprint density at radius 1 is 1.18 bits per heavy atom. The van der Waals surface area contributed by atoms with Gasteiger partial charge in [-0.15, -0.1) is 0 Å². The molecule has 1 saturated heterocycles. The predicted octanol–water partition coefficient (Wildman–Crippen LogP) is 6.72. The molecule has 5 nitrogen and oxygen atoms in total. The zero-order valence-corrected chi connectivity index (χ0v) is 19.7. The number of benzene rings is 2. The van der Waals surface area contributed by atoms with E-state index in [1.807, 2.05) is 44.2 Å². The molecule has 1 saturated carbocycles. The number of amides is 2. The average Bonchev–Trinajstić information content (AvgIpc) is 3.25. The molecule has 2 aromatic rings. The monoisotopic (exact) mass is 462 g/mol. The van der Waals surface area contributed by atoms with Gasteiger partial charge in [0.2, 0.25) is 5.91 Å². The van der Waals surface area contributed by atoms with Gasteiger partial charge in [-0.3, -0.25) is 9.79 Å². The summed E-state index contributed by atoms with van der Waals surface area (Å²) in [5, 5.41) is 0. The van der Waals surface area contributed by atoms with E-state index in [1.165, 1.54) is 17.0 Å². The molecule has 0 radical (unpaired) electrons. The molecule has 178 valence electrons. The molecule has 2 fully saturated rings. The molecule has 1 aliphatic carbocycles. The summed E-state index contributed by atoms with van der Waals surface area (Å²) in [6.45, 7) is 8.21. The van der Waals surface area contributed by atoms with Crippen molar-refractivity contribution in [2.24, 2.45) is 22.7 Å². The molecule has 2 aromatic carbocycles. The van der Waals surface area contributed by atoms with Crippen molar-refractivity contribution in [3.63, 3.8) is 0 Å². The molecule has 2 atom stereocenters. The highest BCUT2D eigenvalue weighted by molar-refractivity contribution is 5.95. The van der Waals surface area contributed by atoms with Crippen molar-refractivity contribution in [3.8, 4) is 0 Å². The number of cyclic esters (lactones) is 1. The predicted molar refractivity (Wildman–Crippen MR) is 131 cm³/mol. The molecule has 0 N–H and O–H groups in total. The number of nitrogens with zero attached hydrogens (tertiary/aromatic N) is 2. The molecule has 34 heavy (non-hydrogen) atoms. The number of carbonyl (C=O) groups excluding carboxylic acids is 2. The zero-order valence-electron chi connectivity index (χ0n) is 19.7. The molecular weight excluding hydrogens is 431 g/mol. The van der Waals surface area contributed by atoms with Gasteiger partial charge in [-0.2, -0.15) is 0 Å². The van der Waals surface area contributed by atoms with E-state index in [9.17, 15) is 14.0 Å². The minimum absolute atomic E-state index is 0.169. The third kappa shape index (κ3) is 4.81. The highest BCUT2D eigenvalue weighted by atomic mass is 19.1. The van der Waals surface area contributed by atoms with Gasteiger partial charge in [-0.05, 0) is 73.8 Å². The maximum absolute atomic E-state index is 13.9. The Morgan fingerprint density at radius 2 is 1.88 bits per heavy atom. The number of imide groups is 1. The number of carbonyl (C=O) groups is 2. The number of halogens is 1. The Morgan fingerprint density at radius 3 is 2.56 bits per heavy atom. The summed E-state index contributed by atoms with van der Waals surface area (Å²) in [6.07, 6.45) is 4.54. The number of hydrogen-bond acceptors (Lipinski definition) is 4. The van der Waals surface area contributed by atoms with E-state index in [0.29, 0.717) is 0 Å². The van der Waals surface area contributed by atoms with E-state index < -0.39 is 6.09 Å². The fraction of sp³-hybridized carbons (Fsp3) is 0.393. The second-order valence-corrected chi connectivity index (χ2v) is 9.19. The number of allylic oxidation sites excluding steroid dienone is 1. The van der Waals surface area contributed by atoms with Crippen LogP contribution < -0.4 is 0 Å². The third-order valence-corrected chi connectivity index (χ3v) is 7.23. The summed E-state index contributed by atoms with van der Waals surface area (Å²) >= 11 is 0. The van der Waals surface area contributed by atoms with E-state index in [4.69, 9.17) is 4.74 Å². The topological polar surface area (TPSA) is 59.0 Å². The van der Waals surface area contributed by atoms with Crippen LogP contribution in [0.5, 0.6) is 0 Å². The molecule has 1 aliphatic heterocycles. The van der Waals surface area contributed by atoms with Gasteiger partial charge in [0.1, 0.15) is 18.5 Å². The lowest BCUT2D eigenvalue weighted by molar-refractivity contribution is -0.135. The van der Waals surface area contributed by atoms with Crippen LogP contribution in [0.4, 0.5) is 14.9 Å². The van der Waals surface area contributed by atoms with Crippen molar-refractivity contribution >= 4 is 29.5 Å². The summed E-state index contributed by atoms with van der Waals surface area (Å²) in [5.74, 6) is -0.393. The molecule has 2 amide bonds. The molecule has 4 rings (SSSR count). The average molecular weight is 463 g/mol. The van der Waals surface area contributed by atoms with Crippen LogP contribution >= 0.6 is 0 Å². The van der Waals surface area contributed by atoms with E-state index >= 15 is 0 Å². The van der Waals surface area contributed by atoms with Crippen LogP contribution in [0.15, 0.2) is 60.1 Å². The summed E-state index contributed by atoms with van der Waals surface area (Å²) in [6, 6.07) is 13.7. The van der Waals surface area contributed by atoms with Crippen molar-refractivity contribution in [2.45, 2.75) is 45.6 Å². The Hall–Kier alpha value is -3.28. The third-order valence-electron chi connectivity index (χ3n) is 7.23. The Bertz CT molecular complexity index is 1090. The first-order chi connectivity index (χ1) is 16.4. The Labute approximate surface area is 200 Å². The van der Waals surface area contributed by atoms with Gasteiger partial charge in [0.25, 0.3) is 0 Å². The van der Waals surface area contributed by atoms with E-state index in [1.54, 1.807) is 12.3 Å². The molecule has 0 unspecified atom stereocenters. The maximum atomic E-state index is 13.9. The van der Waals surface area contributed by atoms with Crippen LogP contribution in [-0.2, 0) is 9.53 Å². The highest BCUT2D eigenvalue weighted by Gasteiger charge is 2.42. The number of ether oxygens (including phenoxy) is 1. The lowest BCUT2D eigenvalue weighted by Crippen LogP contribution is -2.40. The molecule has 2 aliphatic rings. The first-order valence-electron chi connectivity index (χ1n) is 11.9. The smallest absolute Gasteiger partial charge is 0.417 e. The summed E-state index contributed by atoms with van der Waals surface area (Å²) in [5.41, 5.74) is 3.26. The minimum atomic E-state index is -0.567. The quantitative estimate of drug-likeness (QED) is 0.448. The fourth-order valence-electron chi connectivity index (χ4n) is 5.21. The van der Waals surface area contributed by atoms with Crippen LogP contribution in [0, 0.1) is 23.6 Å². The van der Waals surface area contributed by atoms with Gasteiger partial charge in [-0.25, -0.2) is 14.1 Å². The van der Waals surface area contributed by atoms with E-state index in [2.05, 4.69) is 11.6 Å². The van der Waals surface area contributed by atoms with Crippen molar-refractivity contribution in [2.75, 3.05) is 6.61 Å². The lowest BCUT2D eigenvalue weighted by Gasteiger charge is -2.34. The maximum Gasteiger partial charge on any atom is 0.417 e. The normalized spacial score (nSPS) is 23.7. The first-order valence-corrected chi connectivity index (χ1v) is 11.9. The highest BCUT2D eigenvalue weighted by Crippen LogP contribution is 2.42. The summed E-state index contributed by atoms with van der Waals surface area (Å²) in [7, 11) is 0. The molecule has 0 bridgehead atoms. The largest absolute Gasteiger partial charge is 0.446 e. The van der Waals surface area contributed by atoms with Gasteiger partial charge in [0, 0.05) is 17.7 Å². The number of hydrogen-bond donors (Lipinski definition) is 0. The van der Waals surface area contributed by atoms with Gasteiger partial charge in [0.15, 0.2) is 0 Å². The van der Waals surface area contributed by atoms with Crippen LogP contribution in [-0.4, -0.2) is 29.7 Å². The second kappa shape index (κ2) is 10.3. The van der Waals surface area contributed by atoms with Crippen LogP contribution in [0.1, 0.15) is 56.7 Å². The summed E-state index contributed by atoms with van der Waals surface area (Å²) < 4.78 is 19.2. The molecule has 6 heteroatoms. The Balaban J connectivity index is 1.42. The van der Waals surface area contributed by atoms with E-state index in [-0.39, 0.29) is 42.1 Å². The lowest BCUT2D eigenvalue weighted by atomic mass is 9.72. The van der Waals surface area contributed by atoms with E-state index in [0.717, 1.165) is 48.1 Å². The number of rotatable bonds is 6. The van der Waals surface area contributed by atoms with Crippen molar-refractivity contribution in [3.05, 3.63) is 72.1 Å². The van der Waals surface area contributed by atoms with Crippen LogP contribution in [0.2, 0.25) is 0 Å².